The molecule has 8 heteroatoms. The first-order chi connectivity index (χ1) is 13.8. The van der Waals surface area contributed by atoms with Crippen molar-refractivity contribution in [3.05, 3.63) is 87.0 Å². The zero-order valence-electron chi connectivity index (χ0n) is 15.4. The van der Waals surface area contributed by atoms with E-state index in [4.69, 9.17) is 11.6 Å². The van der Waals surface area contributed by atoms with Gasteiger partial charge in [0.05, 0.1) is 16.0 Å². The monoisotopic (exact) mass is 432 g/mol. The van der Waals surface area contributed by atoms with Crippen molar-refractivity contribution in [3.8, 4) is 0 Å². The minimum absolute atomic E-state index is 0.0305. The van der Waals surface area contributed by atoms with Crippen LogP contribution in [-0.2, 0) is 0 Å². The number of hydrogen-bond acceptors (Lipinski definition) is 4. The maximum absolute atomic E-state index is 13.3. The first kappa shape index (κ1) is 21.0. The molecule has 1 heterocycles. The van der Waals surface area contributed by atoms with E-state index in [1.807, 2.05) is 0 Å². The summed E-state index contributed by atoms with van der Waals surface area (Å²) in [4.78, 5) is 25.1. The highest BCUT2D eigenvalue weighted by atomic mass is 35.5. The van der Waals surface area contributed by atoms with Crippen molar-refractivity contribution in [2.45, 2.75) is 13.0 Å². The summed E-state index contributed by atoms with van der Waals surface area (Å²) in [6.07, 6.45) is -0.872. The van der Waals surface area contributed by atoms with Crippen LogP contribution in [0.5, 0.6) is 0 Å². The number of thiophene rings is 1. The summed E-state index contributed by atoms with van der Waals surface area (Å²) in [6, 6.07) is 13.7. The molecule has 150 valence electrons. The van der Waals surface area contributed by atoms with E-state index in [1.165, 1.54) is 18.2 Å². The Morgan fingerprint density at radius 2 is 1.86 bits per heavy atom. The van der Waals surface area contributed by atoms with E-state index in [2.05, 4.69) is 10.6 Å². The summed E-state index contributed by atoms with van der Waals surface area (Å²) in [6.45, 7) is 1.78. The SMILES string of the molecule is Cc1cc(NC(=O)c2cccc(F)c2)sc1C(=O)NCC(O)c1ccc(Cl)cc1. The number of carbonyl (C=O) groups excluding carboxylic acids is 2. The molecule has 3 aromatic rings. The molecule has 1 atom stereocenters. The maximum Gasteiger partial charge on any atom is 0.261 e. The summed E-state index contributed by atoms with van der Waals surface area (Å²) in [7, 11) is 0. The fourth-order valence-corrected chi connectivity index (χ4v) is 3.77. The molecule has 0 spiro atoms. The van der Waals surface area contributed by atoms with Crippen LogP contribution in [0.2, 0.25) is 5.02 Å². The van der Waals surface area contributed by atoms with E-state index in [9.17, 15) is 19.1 Å². The summed E-state index contributed by atoms with van der Waals surface area (Å²) in [5.41, 5.74) is 1.51. The number of aliphatic hydroxyl groups excluding tert-OH is 1. The number of amides is 2. The van der Waals surface area contributed by atoms with Gasteiger partial charge in [0.15, 0.2) is 0 Å². The minimum Gasteiger partial charge on any atom is -0.387 e. The lowest BCUT2D eigenvalue weighted by atomic mass is 10.1. The molecule has 3 rings (SSSR count). The maximum atomic E-state index is 13.3. The molecule has 0 fully saturated rings. The Hall–Kier alpha value is -2.74. The van der Waals surface area contributed by atoms with Crippen LogP contribution in [0, 0.1) is 12.7 Å². The van der Waals surface area contributed by atoms with Crippen molar-refractivity contribution in [1.29, 1.82) is 0 Å². The summed E-state index contributed by atoms with van der Waals surface area (Å²) in [5.74, 6) is -1.32. The number of anilines is 1. The summed E-state index contributed by atoms with van der Waals surface area (Å²) in [5, 5.41) is 16.6. The number of aliphatic hydroxyl groups is 1. The van der Waals surface area contributed by atoms with Crippen LogP contribution in [0.1, 0.15) is 37.3 Å². The molecule has 0 aliphatic carbocycles. The van der Waals surface area contributed by atoms with Crippen molar-refractivity contribution < 1.29 is 19.1 Å². The lowest BCUT2D eigenvalue weighted by Crippen LogP contribution is -2.28. The fourth-order valence-electron chi connectivity index (χ4n) is 2.66. The highest BCUT2D eigenvalue weighted by Crippen LogP contribution is 2.27. The largest absolute Gasteiger partial charge is 0.387 e. The molecular weight excluding hydrogens is 415 g/mol. The van der Waals surface area contributed by atoms with Crippen LogP contribution in [0.3, 0.4) is 0 Å². The van der Waals surface area contributed by atoms with Crippen molar-refractivity contribution in [2.75, 3.05) is 11.9 Å². The Morgan fingerprint density at radius 1 is 1.14 bits per heavy atom. The zero-order valence-corrected chi connectivity index (χ0v) is 17.0. The van der Waals surface area contributed by atoms with Gasteiger partial charge in [0.2, 0.25) is 0 Å². The topological polar surface area (TPSA) is 78.4 Å². The zero-order chi connectivity index (χ0) is 21.0. The highest BCUT2D eigenvalue weighted by molar-refractivity contribution is 7.18. The highest BCUT2D eigenvalue weighted by Gasteiger charge is 2.17. The Kier molecular flexibility index (Phi) is 6.64. The van der Waals surface area contributed by atoms with Gasteiger partial charge in [-0.1, -0.05) is 29.8 Å². The minimum atomic E-state index is -0.872. The van der Waals surface area contributed by atoms with Gasteiger partial charge in [0.25, 0.3) is 11.8 Å². The molecule has 5 nitrogen and oxygen atoms in total. The third-order valence-electron chi connectivity index (χ3n) is 4.16. The third kappa shape index (κ3) is 5.41. The van der Waals surface area contributed by atoms with Crippen LogP contribution in [0.15, 0.2) is 54.6 Å². The molecule has 1 unspecified atom stereocenters. The average Bonchev–Trinajstić information content (AvgIpc) is 3.06. The van der Waals surface area contributed by atoms with Crippen molar-refractivity contribution in [2.24, 2.45) is 0 Å². The van der Waals surface area contributed by atoms with Gasteiger partial charge in [0, 0.05) is 17.1 Å². The van der Waals surface area contributed by atoms with Crippen LogP contribution < -0.4 is 10.6 Å². The molecule has 0 aliphatic rings. The Labute approximate surface area is 176 Å². The van der Waals surface area contributed by atoms with Gasteiger partial charge >= 0.3 is 0 Å². The van der Waals surface area contributed by atoms with Crippen LogP contribution in [0.4, 0.5) is 9.39 Å². The Bertz CT molecular complexity index is 1040. The molecule has 0 radical (unpaired) electrons. The van der Waals surface area contributed by atoms with E-state index in [0.29, 0.717) is 26.0 Å². The molecule has 2 amide bonds. The van der Waals surface area contributed by atoms with E-state index >= 15 is 0 Å². The smallest absolute Gasteiger partial charge is 0.261 e. The van der Waals surface area contributed by atoms with Gasteiger partial charge in [-0.15, -0.1) is 11.3 Å². The normalized spacial score (nSPS) is 11.7. The van der Waals surface area contributed by atoms with E-state index in [1.54, 1.807) is 37.3 Å². The van der Waals surface area contributed by atoms with Crippen molar-refractivity contribution in [1.82, 2.24) is 5.32 Å². The van der Waals surface area contributed by atoms with Gasteiger partial charge in [-0.2, -0.15) is 0 Å². The van der Waals surface area contributed by atoms with Crippen LogP contribution in [-0.4, -0.2) is 23.5 Å². The average molecular weight is 433 g/mol. The molecular formula is C21H18ClFN2O3S. The number of benzene rings is 2. The standard InChI is InChI=1S/C21H18ClFN2O3S/c1-12-9-18(25-20(27)14-3-2-4-16(23)10-14)29-19(12)21(28)24-11-17(26)13-5-7-15(22)8-6-13/h2-10,17,26H,11H2,1H3,(H,24,28)(H,25,27). The number of aryl methyl sites for hydroxylation is 1. The number of halogens is 2. The predicted octanol–water partition coefficient (Wildman–Crippen LogP) is 4.56. The predicted molar refractivity (Wildman–Crippen MR) is 112 cm³/mol. The number of carbonyl (C=O) groups is 2. The molecule has 2 aromatic carbocycles. The lowest BCUT2D eigenvalue weighted by molar-refractivity contribution is 0.0919. The van der Waals surface area contributed by atoms with Gasteiger partial charge in [-0.3, -0.25) is 9.59 Å². The number of nitrogens with one attached hydrogen (secondary N) is 2. The van der Waals surface area contributed by atoms with Gasteiger partial charge < -0.3 is 15.7 Å². The second kappa shape index (κ2) is 9.17. The Morgan fingerprint density at radius 3 is 2.55 bits per heavy atom. The van der Waals surface area contributed by atoms with Crippen LogP contribution in [0.25, 0.3) is 0 Å². The Balaban J connectivity index is 1.62. The van der Waals surface area contributed by atoms with E-state index in [-0.39, 0.29) is 18.0 Å². The van der Waals surface area contributed by atoms with Crippen molar-refractivity contribution in [3.63, 3.8) is 0 Å². The van der Waals surface area contributed by atoms with Gasteiger partial charge in [-0.25, -0.2) is 4.39 Å². The summed E-state index contributed by atoms with van der Waals surface area (Å²) < 4.78 is 13.3. The quantitative estimate of drug-likeness (QED) is 0.534. The molecule has 0 bridgehead atoms. The number of rotatable bonds is 6. The first-order valence-corrected chi connectivity index (χ1v) is 9.92. The second-order valence-corrected chi connectivity index (χ2v) is 7.85. The number of hydrogen-bond donors (Lipinski definition) is 3. The van der Waals surface area contributed by atoms with Crippen molar-refractivity contribution >= 4 is 39.8 Å². The third-order valence-corrected chi connectivity index (χ3v) is 5.56. The van der Waals surface area contributed by atoms with Gasteiger partial charge in [0.1, 0.15) is 5.82 Å². The van der Waals surface area contributed by atoms with E-state index < -0.39 is 17.8 Å². The molecule has 3 N–H and O–H groups in total. The fraction of sp³-hybridized carbons (Fsp3) is 0.143. The lowest BCUT2D eigenvalue weighted by Gasteiger charge is -2.12. The van der Waals surface area contributed by atoms with Crippen LogP contribution >= 0.6 is 22.9 Å². The molecule has 29 heavy (non-hydrogen) atoms. The van der Waals surface area contributed by atoms with Gasteiger partial charge in [-0.05, 0) is 54.4 Å². The first-order valence-electron chi connectivity index (χ1n) is 8.72. The summed E-state index contributed by atoms with van der Waals surface area (Å²) >= 11 is 6.94. The molecule has 0 aliphatic heterocycles. The van der Waals surface area contributed by atoms with E-state index in [0.717, 1.165) is 17.4 Å². The molecule has 0 saturated heterocycles. The molecule has 0 saturated carbocycles. The second-order valence-electron chi connectivity index (χ2n) is 6.36. The molecule has 1 aromatic heterocycles.